The molecule has 0 radical (unpaired) electrons. The van der Waals surface area contributed by atoms with Gasteiger partial charge in [0.1, 0.15) is 0 Å². The molecule has 70 valence electrons. The Morgan fingerprint density at radius 1 is 1.25 bits per heavy atom. The second kappa shape index (κ2) is 2.99. The molecule has 0 amide bonds. The number of rotatable bonds is 0. The smallest absolute Gasteiger partial charge is 0.375 e. The molecule has 0 aliphatic carbocycles. The van der Waals surface area contributed by atoms with Crippen LogP contribution >= 0.6 is 0 Å². The SMILES string of the molecule is C[N]1CC(C)(C)[N](C(C)(C)C)[AlH]1. The third kappa shape index (κ3) is 2.03. The summed E-state index contributed by atoms with van der Waals surface area (Å²) in [6.45, 7) is 12.9. The Labute approximate surface area is 83.1 Å². The molecular formula is C9H21AlN2. The third-order valence-corrected chi connectivity index (χ3v) is 5.37. The lowest BCUT2D eigenvalue weighted by atomic mass is 9.99. The molecule has 1 rings (SSSR count). The van der Waals surface area contributed by atoms with Crippen LogP contribution in [0.5, 0.6) is 0 Å². The Kier molecular flexibility index (Phi) is 2.63. The number of hydrogen-bond donors (Lipinski definition) is 0. The highest BCUT2D eigenvalue weighted by Gasteiger charge is 2.42. The maximum atomic E-state index is 2.69. The molecule has 0 bridgehead atoms. The molecule has 12 heavy (non-hydrogen) atoms. The second-order valence-electron chi connectivity index (χ2n) is 5.57. The van der Waals surface area contributed by atoms with E-state index in [0.717, 1.165) is 0 Å². The van der Waals surface area contributed by atoms with E-state index in [1.165, 1.54) is 6.54 Å². The minimum Gasteiger partial charge on any atom is -0.375 e. The summed E-state index contributed by atoms with van der Waals surface area (Å²) in [5.41, 5.74) is 0.736. The molecule has 0 aromatic carbocycles. The average Bonchev–Trinajstić information content (AvgIpc) is 2.02. The van der Waals surface area contributed by atoms with Crippen LogP contribution in [0.1, 0.15) is 34.6 Å². The topological polar surface area (TPSA) is 6.48 Å². The van der Waals surface area contributed by atoms with Gasteiger partial charge in [0.2, 0.25) is 0 Å². The Morgan fingerprint density at radius 2 is 1.75 bits per heavy atom. The van der Waals surface area contributed by atoms with Crippen LogP contribution in [-0.4, -0.2) is 48.1 Å². The maximum absolute atomic E-state index is 2.69. The predicted molar refractivity (Wildman–Crippen MR) is 55.5 cm³/mol. The molecule has 0 aromatic heterocycles. The minimum absolute atomic E-state index is 0.160. The molecule has 0 saturated carbocycles. The first-order valence-corrected chi connectivity index (χ1v) is 5.96. The molecule has 1 aliphatic heterocycles. The number of likely N-dealkylation sites (N-methyl/N-ethyl adjacent to an activating group) is 1. The Bertz CT molecular complexity index is 172. The summed E-state index contributed by atoms with van der Waals surface area (Å²) < 4.78 is 5.21. The zero-order valence-corrected chi connectivity index (χ0v) is 10.7. The first kappa shape index (κ1) is 10.5. The van der Waals surface area contributed by atoms with Crippen molar-refractivity contribution in [3.05, 3.63) is 0 Å². The molecule has 0 aromatic rings. The van der Waals surface area contributed by atoms with Crippen molar-refractivity contribution >= 4 is 15.7 Å². The van der Waals surface area contributed by atoms with E-state index in [9.17, 15) is 0 Å². The molecule has 0 spiro atoms. The van der Waals surface area contributed by atoms with Gasteiger partial charge >= 0.3 is 15.7 Å². The zero-order chi connectivity index (χ0) is 9.57. The van der Waals surface area contributed by atoms with Gasteiger partial charge in [-0.2, -0.15) is 0 Å². The van der Waals surface area contributed by atoms with E-state index >= 15 is 0 Å². The van der Waals surface area contributed by atoms with E-state index in [2.05, 4.69) is 49.4 Å². The van der Waals surface area contributed by atoms with Gasteiger partial charge in [-0.15, -0.1) is 0 Å². The minimum atomic E-state index is -0.160. The third-order valence-electron chi connectivity index (χ3n) is 2.58. The molecule has 1 saturated heterocycles. The Balaban J connectivity index is 2.79. The van der Waals surface area contributed by atoms with Crippen molar-refractivity contribution in [1.29, 1.82) is 0 Å². The van der Waals surface area contributed by atoms with Crippen LogP contribution in [0.3, 0.4) is 0 Å². The molecule has 0 unspecified atom stereocenters. The van der Waals surface area contributed by atoms with E-state index in [1.807, 2.05) is 0 Å². The van der Waals surface area contributed by atoms with Crippen molar-refractivity contribution in [2.45, 2.75) is 45.7 Å². The largest absolute Gasteiger partial charge is 0.463 e. The average molecular weight is 184 g/mol. The normalized spacial score (nSPS) is 25.8. The fraction of sp³-hybridized carbons (Fsp3) is 1.00. The van der Waals surface area contributed by atoms with Crippen molar-refractivity contribution in [2.24, 2.45) is 0 Å². The van der Waals surface area contributed by atoms with E-state index in [0.29, 0.717) is 11.1 Å². The van der Waals surface area contributed by atoms with Gasteiger partial charge < -0.3 is 7.77 Å². The second-order valence-corrected chi connectivity index (χ2v) is 7.56. The maximum Gasteiger partial charge on any atom is 0.463 e. The zero-order valence-electron chi connectivity index (χ0n) is 9.31. The quantitative estimate of drug-likeness (QED) is 0.520. The Hall–Kier alpha value is 0.452. The van der Waals surface area contributed by atoms with Crippen molar-refractivity contribution in [3.8, 4) is 0 Å². The van der Waals surface area contributed by atoms with Crippen LogP contribution in [0, 0.1) is 0 Å². The number of hydrogen-bond acceptors (Lipinski definition) is 2. The standard InChI is InChI=1S/C9H20N2.Al.H/c1-8(2,3)11-9(4,5)7-10-6;;/h7H2,1-6H3;;/q-2;+2;. The van der Waals surface area contributed by atoms with Crippen LogP contribution < -0.4 is 0 Å². The van der Waals surface area contributed by atoms with Crippen LogP contribution in [0.25, 0.3) is 0 Å². The summed E-state index contributed by atoms with van der Waals surface area (Å²) in [4.78, 5) is 0. The molecular weight excluding hydrogens is 163 g/mol. The molecule has 2 nitrogen and oxygen atoms in total. The first-order valence-electron chi connectivity index (χ1n) is 4.70. The van der Waals surface area contributed by atoms with Gasteiger partial charge in [-0.25, -0.2) is 0 Å². The highest BCUT2D eigenvalue weighted by atomic mass is 27.1. The van der Waals surface area contributed by atoms with Crippen molar-refractivity contribution in [3.63, 3.8) is 0 Å². The van der Waals surface area contributed by atoms with Gasteiger partial charge in [0, 0.05) is 5.54 Å². The van der Waals surface area contributed by atoms with Crippen LogP contribution in [-0.2, 0) is 0 Å². The van der Waals surface area contributed by atoms with Crippen LogP contribution in [0.4, 0.5) is 0 Å². The van der Waals surface area contributed by atoms with E-state index in [1.54, 1.807) is 0 Å². The highest BCUT2D eigenvalue weighted by Crippen LogP contribution is 2.28. The molecule has 3 heteroatoms. The molecule has 1 aliphatic rings. The summed E-state index contributed by atoms with van der Waals surface area (Å²) in [5.74, 6) is 0. The lowest BCUT2D eigenvalue weighted by Gasteiger charge is -2.42. The predicted octanol–water partition coefficient (Wildman–Crippen LogP) is 1.08. The van der Waals surface area contributed by atoms with Gasteiger partial charge in [0.15, 0.2) is 0 Å². The molecule has 0 atom stereocenters. The lowest BCUT2D eigenvalue weighted by molar-refractivity contribution is 0.146. The van der Waals surface area contributed by atoms with Gasteiger partial charge in [0.05, 0.1) is 0 Å². The molecule has 1 fully saturated rings. The van der Waals surface area contributed by atoms with Crippen molar-refractivity contribution < 1.29 is 0 Å². The van der Waals surface area contributed by atoms with Gasteiger partial charge in [-0.05, 0) is 53.8 Å². The monoisotopic (exact) mass is 184 g/mol. The Morgan fingerprint density at radius 3 is 1.92 bits per heavy atom. The van der Waals surface area contributed by atoms with E-state index in [-0.39, 0.29) is 15.7 Å². The van der Waals surface area contributed by atoms with Crippen LogP contribution in [0.2, 0.25) is 0 Å². The van der Waals surface area contributed by atoms with Gasteiger partial charge in [0.25, 0.3) is 0 Å². The van der Waals surface area contributed by atoms with Gasteiger partial charge in [-0.3, -0.25) is 0 Å². The fourth-order valence-corrected chi connectivity index (χ4v) is 4.39. The van der Waals surface area contributed by atoms with Crippen molar-refractivity contribution in [2.75, 3.05) is 13.6 Å². The molecule has 1 heterocycles. The van der Waals surface area contributed by atoms with Gasteiger partial charge in [-0.1, -0.05) is 0 Å². The summed E-state index contributed by atoms with van der Waals surface area (Å²) >= 11 is -0.160. The van der Waals surface area contributed by atoms with E-state index in [4.69, 9.17) is 0 Å². The first-order chi connectivity index (χ1) is 5.23. The summed E-state index contributed by atoms with van der Waals surface area (Å²) in [5, 5.41) is 0. The fourth-order valence-electron chi connectivity index (χ4n) is 2.35. The van der Waals surface area contributed by atoms with Crippen molar-refractivity contribution in [1.82, 2.24) is 7.77 Å². The highest BCUT2D eigenvalue weighted by molar-refractivity contribution is 6.30. The number of nitrogens with zero attached hydrogens (tertiary/aromatic N) is 2. The summed E-state index contributed by atoms with van der Waals surface area (Å²) in [7, 11) is 2.25. The molecule has 0 N–H and O–H groups in total. The van der Waals surface area contributed by atoms with Crippen LogP contribution in [0.15, 0.2) is 0 Å². The summed E-state index contributed by atoms with van der Waals surface area (Å²) in [6, 6.07) is 0. The summed E-state index contributed by atoms with van der Waals surface area (Å²) in [6.07, 6.45) is 0. The van der Waals surface area contributed by atoms with E-state index < -0.39 is 0 Å². The lowest BCUT2D eigenvalue weighted by Crippen LogP contribution is -2.52.